The van der Waals surface area contributed by atoms with Crippen LogP contribution in [0, 0.1) is 6.92 Å². The number of aromatic nitrogens is 1. The van der Waals surface area contributed by atoms with Gasteiger partial charge in [0.2, 0.25) is 15.9 Å². The van der Waals surface area contributed by atoms with Gasteiger partial charge in [0.1, 0.15) is 6.04 Å². The van der Waals surface area contributed by atoms with Crippen molar-refractivity contribution in [1.29, 1.82) is 0 Å². The molecule has 1 heterocycles. The van der Waals surface area contributed by atoms with Gasteiger partial charge < -0.3 is 10.3 Å². The van der Waals surface area contributed by atoms with E-state index >= 15 is 0 Å². The van der Waals surface area contributed by atoms with E-state index in [0.717, 1.165) is 27.6 Å². The number of para-hydroxylation sites is 1. The molecule has 170 valence electrons. The van der Waals surface area contributed by atoms with Gasteiger partial charge in [0, 0.05) is 23.6 Å². The van der Waals surface area contributed by atoms with Gasteiger partial charge in [-0.2, -0.15) is 4.72 Å². The van der Waals surface area contributed by atoms with E-state index in [1.54, 1.807) is 24.3 Å². The quantitative estimate of drug-likeness (QED) is 0.355. The monoisotopic (exact) mass is 461 g/mol. The van der Waals surface area contributed by atoms with Gasteiger partial charge in [-0.15, -0.1) is 0 Å². The van der Waals surface area contributed by atoms with Gasteiger partial charge >= 0.3 is 0 Å². The fourth-order valence-corrected chi connectivity index (χ4v) is 4.97. The number of fused-ring (bicyclic) bond motifs is 1. The lowest BCUT2D eigenvalue weighted by Crippen LogP contribution is -2.48. The standard InChI is InChI=1S/C26H27N3O3S/c1-19-11-13-22(14-12-19)33(31,32)29-25(17-21-18-28-24-10-6-5-9-23(21)24)26(30)27-16-15-20-7-3-2-4-8-20/h2-14,18,25,28-29H,15-17H2,1H3,(H,27,30). The fraction of sp³-hybridized carbons (Fsp3) is 0.192. The van der Waals surface area contributed by atoms with E-state index in [1.165, 1.54) is 0 Å². The van der Waals surface area contributed by atoms with E-state index in [9.17, 15) is 13.2 Å². The number of aryl methyl sites for hydroxylation is 1. The Balaban J connectivity index is 1.54. The molecule has 4 rings (SSSR count). The number of aromatic amines is 1. The molecule has 0 spiro atoms. The fourth-order valence-electron chi connectivity index (χ4n) is 3.78. The molecule has 0 aliphatic rings. The molecular weight excluding hydrogens is 434 g/mol. The maximum absolute atomic E-state index is 13.1. The van der Waals surface area contributed by atoms with Crippen LogP contribution in [0.1, 0.15) is 16.7 Å². The zero-order valence-corrected chi connectivity index (χ0v) is 19.2. The zero-order valence-electron chi connectivity index (χ0n) is 18.4. The van der Waals surface area contributed by atoms with Crippen molar-refractivity contribution in [3.05, 3.63) is 102 Å². The smallest absolute Gasteiger partial charge is 0.241 e. The minimum atomic E-state index is -3.88. The van der Waals surface area contributed by atoms with E-state index in [1.807, 2.05) is 67.7 Å². The minimum Gasteiger partial charge on any atom is -0.361 e. The van der Waals surface area contributed by atoms with Crippen molar-refractivity contribution in [2.45, 2.75) is 30.7 Å². The molecule has 6 nitrogen and oxygen atoms in total. The molecule has 0 aliphatic carbocycles. The van der Waals surface area contributed by atoms with Gasteiger partial charge in [0.25, 0.3) is 0 Å². The van der Waals surface area contributed by atoms with Crippen LogP contribution < -0.4 is 10.0 Å². The van der Waals surface area contributed by atoms with Crippen LogP contribution >= 0.6 is 0 Å². The number of sulfonamides is 1. The summed E-state index contributed by atoms with van der Waals surface area (Å²) in [6, 6.07) is 23.2. The average Bonchev–Trinajstić information content (AvgIpc) is 3.22. The lowest BCUT2D eigenvalue weighted by molar-refractivity contribution is -0.122. The highest BCUT2D eigenvalue weighted by molar-refractivity contribution is 7.89. The van der Waals surface area contributed by atoms with Gasteiger partial charge in [-0.05, 0) is 49.1 Å². The van der Waals surface area contributed by atoms with E-state index < -0.39 is 16.1 Å². The average molecular weight is 462 g/mol. The number of carbonyl (C=O) groups excluding carboxylic acids is 1. The highest BCUT2D eigenvalue weighted by Gasteiger charge is 2.26. The number of hydrogen-bond donors (Lipinski definition) is 3. The Morgan fingerprint density at radius 1 is 0.939 bits per heavy atom. The summed E-state index contributed by atoms with van der Waals surface area (Å²) < 4.78 is 28.7. The second-order valence-corrected chi connectivity index (χ2v) is 9.79. The lowest BCUT2D eigenvalue weighted by Gasteiger charge is -2.19. The van der Waals surface area contributed by atoms with E-state index in [4.69, 9.17) is 0 Å². The summed E-state index contributed by atoms with van der Waals surface area (Å²) >= 11 is 0. The van der Waals surface area contributed by atoms with Crippen LogP contribution in [-0.2, 0) is 27.7 Å². The SMILES string of the molecule is Cc1ccc(S(=O)(=O)NC(Cc2c[nH]c3ccccc23)C(=O)NCCc2ccccc2)cc1. The Kier molecular flexibility index (Phi) is 6.91. The second kappa shape index (κ2) is 10.0. The summed E-state index contributed by atoms with van der Waals surface area (Å²) in [6.07, 6.45) is 2.72. The molecule has 0 saturated carbocycles. The summed E-state index contributed by atoms with van der Waals surface area (Å²) in [6.45, 7) is 2.31. The molecule has 1 unspecified atom stereocenters. The third-order valence-corrected chi connectivity index (χ3v) is 7.09. The Morgan fingerprint density at radius 3 is 2.39 bits per heavy atom. The summed E-state index contributed by atoms with van der Waals surface area (Å²) in [5.74, 6) is -0.355. The van der Waals surface area contributed by atoms with Crippen molar-refractivity contribution in [2.24, 2.45) is 0 Å². The molecule has 1 aromatic heterocycles. The lowest BCUT2D eigenvalue weighted by atomic mass is 10.0. The Morgan fingerprint density at radius 2 is 1.64 bits per heavy atom. The highest BCUT2D eigenvalue weighted by Crippen LogP contribution is 2.20. The first-order valence-corrected chi connectivity index (χ1v) is 12.4. The number of hydrogen-bond acceptors (Lipinski definition) is 3. The van der Waals surface area contributed by atoms with Crippen LogP contribution in [0.15, 0.2) is 90.0 Å². The highest BCUT2D eigenvalue weighted by atomic mass is 32.2. The number of nitrogens with one attached hydrogen (secondary N) is 3. The van der Waals surface area contributed by atoms with Crippen molar-refractivity contribution in [3.8, 4) is 0 Å². The summed E-state index contributed by atoms with van der Waals surface area (Å²) in [7, 11) is -3.88. The van der Waals surface area contributed by atoms with Crippen molar-refractivity contribution in [3.63, 3.8) is 0 Å². The van der Waals surface area contributed by atoms with Gasteiger partial charge in [0.15, 0.2) is 0 Å². The summed E-state index contributed by atoms with van der Waals surface area (Å²) in [4.78, 5) is 16.4. The Hall–Kier alpha value is -3.42. The third-order valence-electron chi connectivity index (χ3n) is 5.60. The number of amides is 1. The van der Waals surface area contributed by atoms with Crippen molar-refractivity contribution >= 4 is 26.8 Å². The number of rotatable bonds is 9. The number of benzene rings is 3. The predicted octanol–water partition coefficient (Wildman–Crippen LogP) is 3.72. The predicted molar refractivity (Wildman–Crippen MR) is 130 cm³/mol. The van der Waals surface area contributed by atoms with Crippen molar-refractivity contribution < 1.29 is 13.2 Å². The first-order valence-electron chi connectivity index (χ1n) is 10.9. The molecule has 3 N–H and O–H groups in total. The van der Waals surface area contributed by atoms with Gasteiger partial charge in [0.05, 0.1) is 4.90 Å². The first kappa shape index (κ1) is 22.8. The summed E-state index contributed by atoms with van der Waals surface area (Å²) in [5, 5.41) is 3.87. The number of H-pyrrole nitrogens is 1. The van der Waals surface area contributed by atoms with Gasteiger partial charge in [-0.3, -0.25) is 4.79 Å². The molecule has 4 aromatic rings. The molecule has 0 saturated heterocycles. The maximum Gasteiger partial charge on any atom is 0.241 e. The zero-order chi connectivity index (χ0) is 23.3. The number of carbonyl (C=O) groups is 1. The van der Waals surface area contributed by atoms with Crippen molar-refractivity contribution in [2.75, 3.05) is 6.54 Å². The molecule has 1 atom stereocenters. The molecule has 0 radical (unpaired) electrons. The van der Waals surface area contributed by atoms with Gasteiger partial charge in [-0.25, -0.2) is 8.42 Å². The van der Waals surface area contributed by atoms with E-state index in [0.29, 0.717) is 13.0 Å². The van der Waals surface area contributed by atoms with Crippen LogP contribution in [0.25, 0.3) is 10.9 Å². The molecule has 1 amide bonds. The molecule has 0 bridgehead atoms. The largest absolute Gasteiger partial charge is 0.361 e. The Labute approximate surface area is 194 Å². The van der Waals surface area contributed by atoms with Gasteiger partial charge in [-0.1, -0.05) is 66.2 Å². The van der Waals surface area contributed by atoms with Crippen LogP contribution in [0.2, 0.25) is 0 Å². The van der Waals surface area contributed by atoms with Crippen LogP contribution in [0.3, 0.4) is 0 Å². The molecule has 33 heavy (non-hydrogen) atoms. The Bertz CT molecular complexity index is 1330. The summed E-state index contributed by atoms with van der Waals surface area (Å²) in [5.41, 5.74) is 3.88. The molecular formula is C26H27N3O3S. The topological polar surface area (TPSA) is 91.1 Å². The minimum absolute atomic E-state index is 0.133. The van der Waals surface area contributed by atoms with Crippen molar-refractivity contribution in [1.82, 2.24) is 15.0 Å². The molecule has 0 aliphatic heterocycles. The van der Waals surface area contributed by atoms with Crippen LogP contribution in [0.4, 0.5) is 0 Å². The van der Waals surface area contributed by atoms with E-state index in [-0.39, 0.29) is 17.2 Å². The molecule has 7 heteroatoms. The normalized spacial score (nSPS) is 12.5. The van der Waals surface area contributed by atoms with E-state index in [2.05, 4.69) is 15.0 Å². The second-order valence-electron chi connectivity index (χ2n) is 8.08. The molecule has 0 fully saturated rings. The first-order chi connectivity index (χ1) is 15.9. The molecule has 3 aromatic carbocycles. The van der Waals surface area contributed by atoms with Crippen LogP contribution in [0.5, 0.6) is 0 Å². The third kappa shape index (κ3) is 5.69. The maximum atomic E-state index is 13.1. The van der Waals surface area contributed by atoms with Crippen LogP contribution in [-0.4, -0.2) is 31.9 Å².